The third-order valence-corrected chi connectivity index (χ3v) is 3.15. The molecule has 1 atom stereocenters. The predicted octanol–water partition coefficient (Wildman–Crippen LogP) is 0.947. The van der Waals surface area contributed by atoms with Gasteiger partial charge in [-0.05, 0) is 12.1 Å². The fraction of sp³-hybridized carbons (Fsp3) is 0.500. The number of nitrogens with zero attached hydrogens (tertiary/aromatic N) is 1. The van der Waals surface area contributed by atoms with E-state index in [0.717, 1.165) is 0 Å². The Morgan fingerprint density at radius 1 is 1.23 bits per heavy atom. The summed E-state index contributed by atoms with van der Waals surface area (Å²) in [5.41, 5.74) is 0.557. The first-order chi connectivity index (χ1) is 10.6. The Labute approximate surface area is 130 Å². The molecule has 1 amide bonds. The minimum absolute atomic E-state index is 0.0643. The van der Waals surface area contributed by atoms with Crippen molar-refractivity contribution in [2.45, 2.75) is 6.92 Å². The van der Waals surface area contributed by atoms with Crippen LogP contribution in [0.5, 0.6) is 0 Å². The van der Waals surface area contributed by atoms with Crippen LogP contribution in [0.25, 0.3) is 0 Å². The molecular formula is C16H23NO5. The Morgan fingerprint density at radius 3 is 2.50 bits per heavy atom. The summed E-state index contributed by atoms with van der Waals surface area (Å²) in [7, 11) is 1.33. The average molecular weight is 309 g/mol. The smallest absolute Gasteiger partial charge is 0.310 e. The zero-order chi connectivity index (χ0) is 16.4. The molecule has 0 aliphatic carbocycles. The molecule has 22 heavy (non-hydrogen) atoms. The van der Waals surface area contributed by atoms with Crippen molar-refractivity contribution in [1.82, 2.24) is 4.90 Å². The van der Waals surface area contributed by atoms with E-state index >= 15 is 0 Å². The van der Waals surface area contributed by atoms with E-state index in [0.29, 0.717) is 18.7 Å². The van der Waals surface area contributed by atoms with Gasteiger partial charge < -0.3 is 19.5 Å². The number of ether oxygens (including phenoxy) is 2. The normalized spacial score (nSPS) is 11.8. The summed E-state index contributed by atoms with van der Waals surface area (Å²) < 4.78 is 9.91. The molecule has 1 unspecified atom stereocenters. The van der Waals surface area contributed by atoms with Crippen molar-refractivity contribution >= 4 is 11.9 Å². The van der Waals surface area contributed by atoms with E-state index in [9.17, 15) is 9.59 Å². The van der Waals surface area contributed by atoms with Crippen LogP contribution in [0.1, 0.15) is 17.3 Å². The Bertz CT molecular complexity index is 463. The van der Waals surface area contributed by atoms with E-state index in [1.807, 2.05) is 6.07 Å². The van der Waals surface area contributed by atoms with E-state index in [1.54, 1.807) is 36.1 Å². The van der Waals surface area contributed by atoms with Gasteiger partial charge >= 0.3 is 5.97 Å². The highest BCUT2D eigenvalue weighted by atomic mass is 16.5. The Balaban J connectivity index is 2.72. The first-order valence-corrected chi connectivity index (χ1v) is 7.21. The summed E-state index contributed by atoms with van der Waals surface area (Å²) in [5, 5.41) is 8.70. The number of carbonyl (C=O) groups is 2. The molecule has 0 aliphatic heterocycles. The Hall–Kier alpha value is -1.92. The van der Waals surface area contributed by atoms with Crippen molar-refractivity contribution in [3.05, 3.63) is 35.9 Å². The number of methoxy groups -OCH3 is 1. The van der Waals surface area contributed by atoms with Gasteiger partial charge in [0.2, 0.25) is 0 Å². The number of hydrogen-bond acceptors (Lipinski definition) is 5. The van der Waals surface area contributed by atoms with E-state index in [4.69, 9.17) is 14.6 Å². The molecule has 1 aromatic rings. The first kappa shape index (κ1) is 18.1. The zero-order valence-corrected chi connectivity index (χ0v) is 13.0. The molecule has 6 heteroatoms. The van der Waals surface area contributed by atoms with Crippen molar-refractivity contribution in [1.29, 1.82) is 0 Å². The highest BCUT2D eigenvalue weighted by Gasteiger charge is 2.22. The molecule has 1 N–H and O–H groups in total. The maximum atomic E-state index is 12.5. The molecule has 6 nitrogen and oxygen atoms in total. The maximum Gasteiger partial charge on any atom is 0.310 e. The summed E-state index contributed by atoms with van der Waals surface area (Å²) in [6.07, 6.45) is 0. The Kier molecular flexibility index (Phi) is 8.17. The average Bonchev–Trinajstić information content (AvgIpc) is 2.56. The number of rotatable bonds is 9. The maximum absolute atomic E-state index is 12.5. The van der Waals surface area contributed by atoms with Crippen LogP contribution in [0.2, 0.25) is 0 Å². The van der Waals surface area contributed by atoms with Gasteiger partial charge in [0.25, 0.3) is 5.91 Å². The van der Waals surface area contributed by atoms with Crippen molar-refractivity contribution in [2.24, 2.45) is 5.92 Å². The lowest BCUT2D eigenvalue weighted by molar-refractivity contribution is -0.145. The molecule has 1 rings (SSSR count). The number of hydrogen-bond donors (Lipinski definition) is 1. The van der Waals surface area contributed by atoms with Crippen LogP contribution in [0.4, 0.5) is 0 Å². The second-order valence-electron chi connectivity index (χ2n) is 4.88. The van der Waals surface area contributed by atoms with Crippen molar-refractivity contribution in [3.63, 3.8) is 0 Å². The fourth-order valence-electron chi connectivity index (χ4n) is 1.99. The van der Waals surface area contributed by atoms with Crippen molar-refractivity contribution < 1.29 is 24.2 Å². The first-order valence-electron chi connectivity index (χ1n) is 7.21. The van der Waals surface area contributed by atoms with E-state index in [1.165, 1.54) is 7.11 Å². The highest BCUT2D eigenvalue weighted by molar-refractivity contribution is 5.94. The lowest BCUT2D eigenvalue weighted by Crippen LogP contribution is -2.39. The molecule has 0 aliphatic rings. The summed E-state index contributed by atoms with van der Waals surface area (Å²) in [6, 6.07) is 8.87. The molecule has 0 heterocycles. The van der Waals surface area contributed by atoms with Crippen LogP contribution in [0.3, 0.4) is 0 Å². The molecule has 0 bridgehead atoms. The number of carbonyl (C=O) groups excluding carboxylic acids is 2. The molecule has 122 valence electrons. The van der Waals surface area contributed by atoms with Crippen LogP contribution in [-0.4, -0.2) is 61.9 Å². The van der Waals surface area contributed by atoms with Crippen LogP contribution >= 0.6 is 0 Å². The second kappa shape index (κ2) is 9.92. The zero-order valence-electron chi connectivity index (χ0n) is 13.0. The SMILES string of the molecule is COC(=O)C(C)CN(CCOCCO)C(=O)c1ccccc1. The van der Waals surface area contributed by atoms with Gasteiger partial charge in [-0.1, -0.05) is 25.1 Å². The van der Waals surface area contributed by atoms with Crippen LogP contribution in [0.15, 0.2) is 30.3 Å². The van der Waals surface area contributed by atoms with Gasteiger partial charge in [-0.25, -0.2) is 0 Å². The summed E-state index contributed by atoms with van der Waals surface area (Å²) in [4.78, 5) is 25.6. The number of amides is 1. The molecular weight excluding hydrogens is 286 g/mol. The molecule has 0 radical (unpaired) electrons. The Morgan fingerprint density at radius 2 is 1.91 bits per heavy atom. The van der Waals surface area contributed by atoms with E-state index in [-0.39, 0.29) is 31.6 Å². The number of esters is 1. The van der Waals surface area contributed by atoms with Crippen molar-refractivity contribution in [3.8, 4) is 0 Å². The van der Waals surface area contributed by atoms with Gasteiger partial charge in [0.1, 0.15) is 0 Å². The van der Waals surface area contributed by atoms with E-state index in [2.05, 4.69) is 0 Å². The standard InChI is InChI=1S/C16H23NO5/c1-13(16(20)21-2)12-17(8-10-22-11-9-18)15(19)14-6-4-3-5-7-14/h3-7,13,18H,8-12H2,1-2H3. The number of aliphatic hydroxyl groups is 1. The predicted molar refractivity (Wildman–Crippen MR) is 81.4 cm³/mol. The van der Waals surface area contributed by atoms with Gasteiger partial charge in [-0.15, -0.1) is 0 Å². The van der Waals surface area contributed by atoms with Crippen molar-refractivity contribution in [2.75, 3.05) is 40.0 Å². The second-order valence-corrected chi connectivity index (χ2v) is 4.88. The number of benzene rings is 1. The molecule has 0 fully saturated rings. The van der Waals surface area contributed by atoms with Gasteiger partial charge in [0, 0.05) is 18.7 Å². The van der Waals surface area contributed by atoms with Gasteiger partial charge in [-0.2, -0.15) is 0 Å². The third kappa shape index (κ3) is 5.83. The summed E-state index contributed by atoms with van der Waals surface area (Å²) in [5.74, 6) is -0.943. The number of aliphatic hydroxyl groups excluding tert-OH is 1. The fourth-order valence-corrected chi connectivity index (χ4v) is 1.99. The molecule has 1 aromatic carbocycles. The quantitative estimate of drug-likeness (QED) is 0.543. The van der Waals surface area contributed by atoms with Crippen LogP contribution in [-0.2, 0) is 14.3 Å². The molecule has 0 saturated carbocycles. The summed E-state index contributed by atoms with van der Waals surface area (Å²) >= 11 is 0. The largest absolute Gasteiger partial charge is 0.469 e. The molecule has 0 aromatic heterocycles. The van der Waals surface area contributed by atoms with Crippen LogP contribution in [0, 0.1) is 5.92 Å². The third-order valence-electron chi connectivity index (χ3n) is 3.15. The minimum atomic E-state index is -0.421. The van der Waals surface area contributed by atoms with Gasteiger partial charge in [0.05, 0.1) is 32.8 Å². The van der Waals surface area contributed by atoms with Gasteiger partial charge in [-0.3, -0.25) is 9.59 Å². The van der Waals surface area contributed by atoms with E-state index < -0.39 is 5.92 Å². The topological polar surface area (TPSA) is 76.1 Å². The minimum Gasteiger partial charge on any atom is -0.469 e. The monoisotopic (exact) mass is 309 g/mol. The highest BCUT2D eigenvalue weighted by Crippen LogP contribution is 2.09. The van der Waals surface area contributed by atoms with Crippen LogP contribution < -0.4 is 0 Å². The summed E-state index contributed by atoms with van der Waals surface area (Å²) in [6.45, 7) is 2.77. The lowest BCUT2D eigenvalue weighted by Gasteiger charge is -2.25. The molecule has 0 saturated heterocycles. The van der Waals surface area contributed by atoms with Gasteiger partial charge in [0.15, 0.2) is 0 Å². The molecule has 0 spiro atoms. The lowest BCUT2D eigenvalue weighted by atomic mass is 10.1.